The maximum atomic E-state index is 6.30. The van der Waals surface area contributed by atoms with Crippen LogP contribution in [0, 0.1) is 0 Å². The van der Waals surface area contributed by atoms with E-state index in [4.69, 9.17) is 23.2 Å². The number of piperidine rings is 1. The third-order valence-electron chi connectivity index (χ3n) is 4.49. The van der Waals surface area contributed by atoms with Gasteiger partial charge in [-0.15, -0.1) is 0 Å². The Morgan fingerprint density at radius 3 is 2.42 bits per heavy atom. The molecule has 0 saturated carbocycles. The van der Waals surface area contributed by atoms with Crippen molar-refractivity contribution in [2.45, 2.75) is 43.8 Å². The summed E-state index contributed by atoms with van der Waals surface area (Å²) in [7, 11) is 2.25. The van der Waals surface area contributed by atoms with Crippen LogP contribution in [-0.2, 0) is 0 Å². The summed E-state index contributed by atoms with van der Waals surface area (Å²) in [4.78, 5) is 2.54. The van der Waals surface area contributed by atoms with E-state index in [1.165, 1.54) is 25.7 Å². The zero-order chi connectivity index (χ0) is 13.6. The van der Waals surface area contributed by atoms with E-state index in [2.05, 4.69) is 33.2 Å². The van der Waals surface area contributed by atoms with Crippen LogP contribution in [0.25, 0.3) is 0 Å². The van der Waals surface area contributed by atoms with E-state index < -0.39 is 0 Å². The van der Waals surface area contributed by atoms with Gasteiger partial charge in [0, 0.05) is 22.6 Å². The summed E-state index contributed by atoms with van der Waals surface area (Å²) in [6.45, 7) is 0. The summed E-state index contributed by atoms with van der Waals surface area (Å²) < 4.78 is 0.841. The molecule has 0 radical (unpaired) electrons. The molecule has 2 fully saturated rings. The molecule has 2 heterocycles. The number of hydrogen-bond acceptors (Lipinski definition) is 2. The van der Waals surface area contributed by atoms with Crippen LogP contribution in [0.15, 0.2) is 16.6 Å². The van der Waals surface area contributed by atoms with Crippen molar-refractivity contribution in [3.63, 3.8) is 0 Å². The first-order chi connectivity index (χ1) is 9.06. The molecule has 2 nitrogen and oxygen atoms in total. The second-order valence-electron chi connectivity index (χ2n) is 5.59. The van der Waals surface area contributed by atoms with Crippen LogP contribution < -0.4 is 5.32 Å². The topological polar surface area (TPSA) is 15.3 Å². The first kappa shape index (κ1) is 14.0. The number of benzene rings is 1. The summed E-state index contributed by atoms with van der Waals surface area (Å²) >= 11 is 15.9. The van der Waals surface area contributed by atoms with Crippen molar-refractivity contribution < 1.29 is 0 Å². The van der Waals surface area contributed by atoms with Crippen molar-refractivity contribution in [2.24, 2.45) is 0 Å². The predicted molar refractivity (Wildman–Crippen MR) is 85.4 cm³/mol. The first-order valence-corrected chi connectivity index (χ1v) is 8.23. The van der Waals surface area contributed by atoms with Gasteiger partial charge in [-0.05, 0) is 60.8 Å². The highest BCUT2D eigenvalue weighted by Gasteiger charge is 2.38. The Morgan fingerprint density at radius 1 is 1.16 bits per heavy atom. The van der Waals surface area contributed by atoms with Gasteiger partial charge in [-0.3, -0.25) is 0 Å². The van der Waals surface area contributed by atoms with Crippen molar-refractivity contribution in [3.8, 4) is 0 Å². The Bertz CT molecular complexity index is 481. The maximum Gasteiger partial charge on any atom is 0.0835 e. The second kappa shape index (κ2) is 5.44. The lowest BCUT2D eigenvalue weighted by molar-refractivity contribution is 0.169. The molecule has 1 aromatic carbocycles. The number of nitrogens with zero attached hydrogens (tertiary/aromatic N) is 1. The van der Waals surface area contributed by atoms with Crippen LogP contribution in [0.5, 0.6) is 0 Å². The van der Waals surface area contributed by atoms with E-state index in [1.807, 2.05) is 12.1 Å². The third kappa shape index (κ3) is 2.63. The molecule has 3 rings (SSSR count). The van der Waals surface area contributed by atoms with Gasteiger partial charge in [0.05, 0.1) is 15.7 Å². The molecule has 5 heteroatoms. The largest absolute Gasteiger partial charge is 0.381 e. The number of hydrogen-bond donors (Lipinski definition) is 1. The molecular formula is C14H17BrCl2N2. The molecule has 2 aliphatic heterocycles. The van der Waals surface area contributed by atoms with Crippen molar-refractivity contribution in [3.05, 3.63) is 26.7 Å². The summed E-state index contributed by atoms with van der Waals surface area (Å²) in [5.74, 6) is 0. The minimum atomic E-state index is 0.503. The Balaban J connectivity index is 1.75. The van der Waals surface area contributed by atoms with Crippen LogP contribution in [0.4, 0.5) is 5.69 Å². The van der Waals surface area contributed by atoms with Gasteiger partial charge < -0.3 is 10.2 Å². The zero-order valence-electron chi connectivity index (χ0n) is 10.8. The molecule has 2 unspecified atom stereocenters. The van der Waals surface area contributed by atoms with Gasteiger partial charge in [0.2, 0.25) is 0 Å². The van der Waals surface area contributed by atoms with Gasteiger partial charge in [0.1, 0.15) is 0 Å². The molecule has 0 aliphatic carbocycles. The van der Waals surface area contributed by atoms with Crippen molar-refractivity contribution in [1.82, 2.24) is 4.90 Å². The smallest absolute Gasteiger partial charge is 0.0835 e. The average molecular weight is 364 g/mol. The number of fused-ring (bicyclic) bond motifs is 2. The minimum Gasteiger partial charge on any atom is -0.381 e. The summed E-state index contributed by atoms with van der Waals surface area (Å²) in [5, 5.41) is 4.77. The Kier molecular flexibility index (Phi) is 4.01. The number of nitrogens with one attached hydrogen (secondary N) is 1. The van der Waals surface area contributed by atoms with Crippen LogP contribution >= 0.6 is 39.1 Å². The molecule has 2 saturated heterocycles. The molecule has 1 N–H and O–H groups in total. The highest BCUT2D eigenvalue weighted by molar-refractivity contribution is 9.10. The lowest BCUT2D eigenvalue weighted by atomic mass is 9.98. The molecule has 2 bridgehead atoms. The Labute approximate surface area is 132 Å². The first-order valence-electron chi connectivity index (χ1n) is 6.68. The van der Waals surface area contributed by atoms with Gasteiger partial charge in [-0.2, -0.15) is 0 Å². The van der Waals surface area contributed by atoms with Gasteiger partial charge in [-0.1, -0.05) is 23.2 Å². The van der Waals surface area contributed by atoms with Crippen molar-refractivity contribution >= 4 is 44.8 Å². The lowest BCUT2D eigenvalue weighted by Crippen LogP contribution is -2.44. The van der Waals surface area contributed by atoms with Crippen LogP contribution in [0.1, 0.15) is 25.7 Å². The van der Waals surface area contributed by atoms with E-state index in [1.54, 1.807) is 0 Å². The summed E-state index contributed by atoms with van der Waals surface area (Å²) in [5.41, 5.74) is 0.948. The van der Waals surface area contributed by atoms with Crippen molar-refractivity contribution in [1.29, 1.82) is 0 Å². The highest BCUT2D eigenvalue weighted by atomic mass is 79.9. The zero-order valence-corrected chi connectivity index (χ0v) is 13.9. The highest BCUT2D eigenvalue weighted by Crippen LogP contribution is 2.39. The molecular weight excluding hydrogens is 347 g/mol. The van der Waals surface area contributed by atoms with Crippen LogP contribution in [0.3, 0.4) is 0 Å². The molecule has 19 heavy (non-hydrogen) atoms. The van der Waals surface area contributed by atoms with Gasteiger partial charge in [0.25, 0.3) is 0 Å². The summed E-state index contributed by atoms with van der Waals surface area (Å²) in [6, 6.07) is 5.89. The fourth-order valence-corrected chi connectivity index (χ4v) is 4.22. The van der Waals surface area contributed by atoms with E-state index in [0.29, 0.717) is 16.1 Å². The maximum absolute atomic E-state index is 6.30. The molecule has 2 aliphatic rings. The van der Waals surface area contributed by atoms with Crippen LogP contribution in [0.2, 0.25) is 10.0 Å². The van der Waals surface area contributed by atoms with Gasteiger partial charge in [0.15, 0.2) is 0 Å². The Morgan fingerprint density at radius 2 is 1.79 bits per heavy atom. The normalized spacial score (nSPS) is 30.6. The molecule has 0 amide bonds. The third-order valence-corrected chi connectivity index (χ3v) is 6.26. The summed E-state index contributed by atoms with van der Waals surface area (Å²) in [6.07, 6.45) is 5.04. The fraction of sp³-hybridized carbons (Fsp3) is 0.571. The van der Waals surface area contributed by atoms with E-state index in [9.17, 15) is 0 Å². The second-order valence-corrected chi connectivity index (χ2v) is 7.20. The average Bonchev–Trinajstić information content (AvgIpc) is 2.63. The molecule has 0 spiro atoms. The fourth-order valence-electron chi connectivity index (χ4n) is 3.39. The van der Waals surface area contributed by atoms with Gasteiger partial charge in [-0.25, -0.2) is 0 Å². The quantitative estimate of drug-likeness (QED) is 0.759. The monoisotopic (exact) mass is 362 g/mol. The molecule has 1 aromatic rings. The van der Waals surface area contributed by atoms with Crippen LogP contribution in [-0.4, -0.2) is 30.1 Å². The number of halogens is 3. The lowest BCUT2D eigenvalue weighted by Gasteiger charge is -2.37. The van der Waals surface area contributed by atoms with Crippen molar-refractivity contribution in [2.75, 3.05) is 12.4 Å². The predicted octanol–water partition coefficient (Wildman–Crippen LogP) is 4.79. The Hall–Kier alpha value is 0.0400. The van der Waals surface area contributed by atoms with E-state index in [0.717, 1.165) is 22.2 Å². The number of anilines is 1. The van der Waals surface area contributed by atoms with E-state index >= 15 is 0 Å². The molecule has 2 atom stereocenters. The standard InChI is InChI=1S/C14H17BrCl2N2/c1-19-9-2-3-10(19)7-8(6-9)18-12-5-4-11(15)13(16)14(12)17/h4-5,8-10,18H,2-3,6-7H2,1H3. The SMILES string of the molecule is CN1C2CCC1CC(Nc1ccc(Br)c(Cl)c1Cl)C2. The minimum absolute atomic E-state index is 0.503. The number of rotatable bonds is 2. The van der Waals surface area contributed by atoms with E-state index in [-0.39, 0.29) is 0 Å². The molecule has 104 valence electrons. The molecule has 0 aromatic heterocycles. The van der Waals surface area contributed by atoms with Gasteiger partial charge >= 0.3 is 0 Å².